The fourth-order valence-electron chi connectivity index (χ4n) is 10.5. The van der Waals surface area contributed by atoms with Crippen LogP contribution in [0, 0.1) is 0 Å². The number of hydrogen-bond acceptors (Lipinski definition) is 1. The number of benzene rings is 9. The molecule has 1 heterocycles. The fraction of sp³-hybridized carbons (Fsp3) is 0.161. The minimum Gasteiger partial charge on any atom is -0.309 e. The first kappa shape index (κ1) is 39.7. The molecule has 0 spiro atoms. The van der Waals surface area contributed by atoms with E-state index in [1.807, 2.05) is 0 Å². The van der Waals surface area contributed by atoms with Gasteiger partial charge >= 0.3 is 0 Å². The Morgan fingerprint density at radius 3 is 1.80 bits per heavy atom. The molecule has 0 atom stereocenters. The molecule has 0 radical (unpaired) electrons. The van der Waals surface area contributed by atoms with Crippen LogP contribution in [0.1, 0.15) is 69.9 Å². The zero-order chi connectivity index (χ0) is 43.2. The van der Waals surface area contributed by atoms with Crippen LogP contribution in [0.15, 0.2) is 206 Å². The van der Waals surface area contributed by atoms with Crippen LogP contribution in [0.3, 0.4) is 0 Å². The van der Waals surface area contributed by atoms with Crippen LogP contribution in [-0.4, -0.2) is 4.57 Å². The smallest absolute Gasteiger partial charge is 0.0547 e. The number of anilines is 3. The van der Waals surface area contributed by atoms with E-state index in [9.17, 15) is 0 Å². The van der Waals surface area contributed by atoms with Crippen molar-refractivity contribution in [3.05, 3.63) is 217 Å². The summed E-state index contributed by atoms with van der Waals surface area (Å²) in [6, 6.07) is 76.8. The van der Waals surface area contributed by atoms with Crippen molar-refractivity contribution in [3.63, 3.8) is 0 Å². The zero-order valence-electron chi connectivity index (χ0n) is 37.1. The molecule has 0 saturated heterocycles. The van der Waals surface area contributed by atoms with Crippen LogP contribution in [-0.2, 0) is 5.41 Å². The quantitative estimate of drug-likeness (QED) is 0.148. The van der Waals surface area contributed by atoms with Gasteiger partial charge in [-0.25, -0.2) is 0 Å². The van der Waals surface area contributed by atoms with Crippen molar-refractivity contribution in [1.82, 2.24) is 4.57 Å². The zero-order valence-corrected chi connectivity index (χ0v) is 37.1. The Bertz CT molecular complexity index is 3260. The van der Waals surface area contributed by atoms with E-state index in [1.165, 1.54) is 115 Å². The van der Waals surface area contributed by atoms with Gasteiger partial charge in [-0.2, -0.15) is 0 Å². The second-order valence-electron chi connectivity index (χ2n) is 18.7. The van der Waals surface area contributed by atoms with Gasteiger partial charge in [-0.05, 0) is 117 Å². The van der Waals surface area contributed by atoms with Gasteiger partial charge in [0.1, 0.15) is 0 Å². The van der Waals surface area contributed by atoms with Crippen molar-refractivity contribution >= 4 is 49.6 Å². The van der Waals surface area contributed by atoms with Gasteiger partial charge in [0.25, 0.3) is 0 Å². The van der Waals surface area contributed by atoms with E-state index in [0.717, 1.165) is 17.1 Å². The molecule has 1 aromatic heterocycles. The Kier molecular flexibility index (Phi) is 10.2. The molecule has 1 saturated carbocycles. The van der Waals surface area contributed by atoms with Crippen molar-refractivity contribution in [3.8, 4) is 39.1 Å². The molecule has 2 nitrogen and oxygen atoms in total. The second-order valence-corrected chi connectivity index (χ2v) is 18.7. The van der Waals surface area contributed by atoms with E-state index in [0.29, 0.717) is 5.92 Å². The molecule has 0 unspecified atom stereocenters. The van der Waals surface area contributed by atoms with Gasteiger partial charge in [0, 0.05) is 33.3 Å². The maximum absolute atomic E-state index is 2.50. The van der Waals surface area contributed by atoms with Crippen LogP contribution in [0.25, 0.3) is 71.6 Å². The molecule has 0 N–H and O–H groups in total. The summed E-state index contributed by atoms with van der Waals surface area (Å²) in [5, 5.41) is 5.24. The van der Waals surface area contributed by atoms with Crippen LogP contribution < -0.4 is 4.90 Å². The van der Waals surface area contributed by atoms with Crippen molar-refractivity contribution in [2.45, 2.75) is 64.2 Å². The van der Waals surface area contributed by atoms with Gasteiger partial charge in [0.2, 0.25) is 0 Å². The van der Waals surface area contributed by atoms with E-state index in [4.69, 9.17) is 0 Å². The predicted molar refractivity (Wildman–Crippen MR) is 274 cm³/mol. The number of para-hydroxylation sites is 4. The van der Waals surface area contributed by atoms with E-state index in [1.54, 1.807) is 0 Å². The largest absolute Gasteiger partial charge is 0.309 e. The molecule has 1 aliphatic rings. The SMILES string of the molecule is CC(C)(C)c1ccc(-c2ccccc2N(c2ccc(-c3ccc4c5ccccc5n(-c5ccccc5)c4c3)cc2)c2ccccc2-c2cccc3cccc(C4CCCCC4)c23)cc1. The molecule has 0 aliphatic heterocycles. The number of hydrogen-bond donors (Lipinski definition) is 0. The van der Waals surface area contributed by atoms with Gasteiger partial charge < -0.3 is 9.47 Å². The fourth-order valence-corrected chi connectivity index (χ4v) is 10.5. The summed E-state index contributed by atoms with van der Waals surface area (Å²) in [5.41, 5.74) is 17.2. The Hall–Kier alpha value is -7.16. The lowest BCUT2D eigenvalue weighted by atomic mass is 9.80. The average Bonchev–Trinajstić information content (AvgIpc) is 3.68. The third-order valence-corrected chi connectivity index (χ3v) is 13.8. The number of fused-ring (bicyclic) bond motifs is 4. The van der Waals surface area contributed by atoms with Crippen LogP contribution in [0.5, 0.6) is 0 Å². The number of rotatable bonds is 8. The molecule has 11 rings (SSSR count). The normalized spacial score (nSPS) is 13.5. The highest BCUT2D eigenvalue weighted by Crippen LogP contribution is 2.48. The average molecular weight is 827 g/mol. The van der Waals surface area contributed by atoms with E-state index in [-0.39, 0.29) is 5.41 Å². The molecule has 10 aromatic rings. The van der Waals surface area contributed by atoms with Crippen LogP contribution in [0.4, 0.5) is 17.1 Å². The summed E-state index contributed by atoms with van der Waals surface area (Å²) >= 11 is 0. The number of nitrogens with zero attached hydrogens (tertiary/aromatic N) is 2. The summed E-state index contributed by atoms with van der Waals surface area (Å²) in [6.45, 7) is 6.85. The second kappa shape index (κ2) is 16.5. The van der Waals surface area contributed by atoms with Crippen LogP contribution >= 0.6 is 0 Å². The van der Waals surface area contributed by atoms with Crippen LogP contribution in [0.2, 0.25) is 0 Å². The maximum Gasteiger partial charge on any atom is 0.0547 e. The molecular weight excluding hydrogens is 773 g/mol. The first-order valence-electron chi connectivity index (χ1n) is 23.2. The summed E-state index contributed by atoms with van der Waals surface area (Å²) in [7, 11) is 0. The Morgan fingerprint density at radius 1 is 0.453 bits per heavy atom. The monoisotopic (exact) mass is 826 g/mol. The topological polar surface area (TPSA) is 8.17 Å². The Balaban J connectivity index is 1.08. The van der Waals surface area contributed by atoms with Gasteiger partial charge in [0.05, 0.1) is 22.4 Å². The van der Waals surface area contributed by atoms with Crippen molar-refractivity contribution in [2.75, 3.05) is 4.90 Å². The molecule has 1 fully saturated rings. The lowest BCUT2D eigenvalue weighted by molar-refractivity contribution is 0.445. The highest BCUT2D eigenvalue weighted by molar-refractivity contribution is 6.10. The third kappa shape index (κ3) is 7.18. The molecule has 1 aliphatic carbocycles. The molecule has 64 heavy (non-hydrogen) atoms. The highest BCUT2D eigenvalue weighted by Gasteiger charge is 2.25. The minimum absolute atomic E-state index is 0.0718. The summed E-state index contributed by atoms with van der Waals surface area (Å²) in [5.74, 6) is 0.583. The molecular formula is C62H54N2. The lowest BCUT2D eigenvalue weighted by Crippen LogP contribution is -2.13. The van der Waals surface area contributed by atoms with E-state index < -0.39 is 0 Å². The summed E-state index contributed by atoms with van der Waals surface area (Å²) in [4.78, 5) is 2.50. The van der Waals surface area contributed by atoms with Gasteiger partial charge in [-0.1, -0.05) is 198 Å². The summed E-state index contributed by atoms with van der Waals surface area (Å²) < 4.78 is 2.40. The molecule has 0 amide bonds. The number of aromatic nitrogens is 1. The highest BCUT2D eigenvalue weighted by atomic mass is 15.1. The van der Waals surface area contributed by atoms with E-state index in [2.05, 4.69) is 236 Å². The van der Waals surface area contributed by atoms with Gasteiger partial charge in [0.15, 0.2) is 0 Å². The first-order valence-corrected chi connectivity index (χ1v) is 23.2. The van der Waals surface area contributed by atoms with E-state index >= 15 is 0 Å². The Morgan fingerprint density at radius 2 is 1.05 bits per heavy atom. The van der Waals surface area contributed by atoms with Crippen molar-refractivity contribution in [1.29, 1.82) is 0 Å². The minimum atomic E-state index is 0.0718. The maximum atomic E-state index is 2.50. The molecule has 312 valence electrons. The van der Waals surface area contributed by atoms with Gasteiger partial charge in [-0.15, -0.1) is 0 Å². The van der Waals surface area contributed by atoms with Gasteiger partial charge in [-0.3, -0.25) is 0 Å². The Labute approximate surface area is 378 Å². The molecule has 2 heteroatoms. The van der Waals surface area contributed by atoms with Crippen molar-refractivity contribution < 1.29 is 0 Å². The first-order chi connectivity index (χ1) is 31.4. The molecule has 0 bridgehead atoms. The standard InChI is InChI=1S/C62H54N2/c1-62(2,3)48-37-32-45(33-38-48)51-24-10-13-29-57(51)63(59-31-15-12-26-54(59)56-28-17-21-46-20-16-27-52(61(46)56)44-18-6-4-7-19-44)50-39-34-43(35-40-50)47-36-41-55-53-25-11-14-30-58(53)64(60(55)42-47)49-22-8-5-9-23-49/h5,8-17,20-42,44H,4,6-7,18-19H2,1-3H3. The third-order valence-electron chi connectivity index (χ3n) is 13.8. The van der Waals surface area contributed by atoms with Crippen molar-refractivity contribution in [2.24, 2.45) is 0 Å². The predicted octanol–water partition coefficient (Wildman–Crippen LogP) is 17.8. The molecule has 9 aromatic carbocycles. The summed E-state index contributed by atoms with van der Waals surface area (Å²) in [6.07, 6.45) is 6.48. The lowest BCUT2D eigenvalue weighted by Gasteiger charge is -2.31.